The van der Waals surface area contributed by atoms with Crippen molar-refractivity contribution in [3.63, 3.8) is 0 Å². The SMILES string of the molecule is I.NC(=NCCCCCCO)NC1CCCCC1. The number of guanidine groups is 1. The zero-order valence-corrected chi connectivity index (χ0v) is 13.6. The quantitative estimate of drug-likeness (QED) is 0.279. The van der Waals surface area contributed by atoms with E-state index >= 15 is 0 Å². The number of unbranched alkanes of at least 4 members (excludes halogenated alkanes) is 3. The predicted molar refractivity (Wildman–Crippen MR) is 87.5 cm³/mol. The van der Waals surface area contributed by atoms with Crippen molar-refractivity contribution in [2.75, 3.05) is 13.2 Å². The van der Waals surface area contributed by atoms with E-state index in [0.29, 0.717) is 18.6 Å². The van der Waals surface area contributed by atoms with Crippen LogP contribution in [0.5, 0.6) is 0 Å². The number of nitrogens with zero attached hydrogens (tertiary/aromatic N) is 1. The summed E-state index contributed by atoms with van der Waals surface area (Å²) < 4.78 is 0. The van der Waals surface area contributed by atoms with Crippen LogP contribution in [0.4, 0.5) is 0 Å². The molecule has 0 aliphatic heterocycles. The van der Waals surface area contributed by atoms with Crippen LogP contribution in [0.3, 0.4) is 0 Å². The zero-order valence-electron chi connectivity index (χ0n) is 11.2. The second kappa shape index (κ2) is 12.0. The first-order valence-corrected chi connectivity index (χ1v) is 7.00. The molecule has 1 fully saturated rings. The summed E-state index contributed by atoms with van der Waals surface area (Å²) in [5, 5.41) is 11.9. The minimum atomic E-state index is 0. The second-order valence-electron chi connectivity index (χ2n) is 4.88. The van der Waals surface area contributed by atoms with E-state index in [-0.39, 0.29) is 24.0 Å². The number of aliphatic hydroxyl groups excluding tert-OH is 1. The van der Waals surface area contributed by atoms with Crippen LogP contribution < -0.4 is 11.1 Å². The zero-order chi connectivity index (χ0) is 12.3. The normalized spacial score (nSPS) is 17.3. The Hall–Kier alpha value is -0.0400. The van der Waals surface area contributed by atoms with E-state index in [4.69, 9.17) is 10.8 Å². The topological polar surface area (TPSA) is 70.6 Å². The van der Waals surface area contributed by atoms with Crippen molar-refractivity contribution < 1.29 is 5.11 Å². The summed E-state index contributed by atoms with van der Waals surface area (Å²) >= 11 is 0. The third-order valence-corrected chi connectivity index (χ3v) is 3.31. The van der Waals surface area contributed by atoms with Crippen LogP contribution in [-0.2, 0) is 0 Å². The summed E-state index contributed by atoms with van der Waals surface area (Å²) in [6.07, 6.45) is 10.6. The highest BCUT2D eigenvalue weighted by atomic mass is 127. The van der Waals surface area contributed by atoms with E-state index in [1.807, 2.05) is 0 Å². The summed E-state index contributed by atoms with van der Waals surface area (Å²) in [5.41, 5.74) is 5.84. The number of rotatable bonds is 7. The maximum atomic E-state index is 8.64. The Balaban J connectivity index is 0.00000289. The van der Waals surface area contributed by atoms with Crippen molar-refractivity contribution >= 4 is 29.9 Å². The molecule has 0 aromatic rings. The van der Waals surface area contributed by atoms with Gasteiger partial charge in [-0.05, 0) is 25.7 Å². The smallest absolute Gasteiger partial charge is 0.188 e. The third kappa shape index (κ3) is 8.97. The summed E-state index contributed by atoms with van der Waals surface area (Å²) in [4.78, 5) is 4.34. The molecule has 0 aromatic carbocycles. The summed E-state index contributed by atoms with van der Waals surface area (Å²) in [5.74, 6) is 0.610. The van der Waals surface area contributed by atoms with E-state index < -0.39 is 0 Å². The number of aliphatic hydroxyl groups is 1. The minimum absolute atomic E-state index is 0. The molecular formula is C13H28IN3O. The van der Waals surface area contributed by atoms with Crippen LogP contribution in [0.15, 0.2) is 4.99 Å². The molecule has 0 radical (unpaired) electrons. The lowest BCUT2D eigenvalue weighted by molar-refractivity contribution is 0.282. The molecule has 0 aromatic heterocycles. The Morgan fingerprint density at radius 3 is 2.44 bits per heavy atom. The highest BCUT2D eigenvalue weighted by Gasteiger charge is 2.12. The summed E-state index contributed by atoms with van der Waals surface area (Å²) in [6, 6.07) is 0.543. The molecule has 0 heterocycles. The Bertz CT molecular complexity index is 218. The molecular weight excluding hydrogens is 341 g/mol. The molecule has 1 saturated carbocycles. The molecule has 108 valence electrons. The summed E-state index contributed by atoms with van der Waals surface area (Å²) in [6.45, 7) is 1.10. The van der Waals surface area contributed by atoms with Gasteiger partial charge in [0.15, 0.2) is 5.96 Å². The van der Waals surface area contributed by atoms with E-state index in [1.165, 1.54) is 32.1 Å². The van der Waals surface area contributed by atoms with Crippen molar-refractivity contribution in [2.45, 2.75) is 63.8 Å². The molecule has 0 atom stereocenters. The van der Waals surface area contributed by atoms with Gasteiger partial charge in [0, 0.05) is 19.2 Å². The van der Waals surface area contributed by atoms with Gasteiger partial charge in [-0.25, -0.2) is 0 Å². The molecule has 1 rings (SSSR count). The molecule has 4 nitrogen and oxygen atoms in total. The first kappa shape index (κ1) is 18.0. The molecule has 1 aliphatic carbocycles. The van der Waals surface area contributed by atoms with Crippen LogP contribution in [0.25, 0.3) is 0 Å². The Labute approximate surface area is 128 Å². The van der Waals surface area contributed by atoms with Crippen LogP contribution in [0, 0.1) is 0 Å². The van der Waals surface area contributed by atoms with E-state index in [9.17, 15) is 0 Å². The number of hydrogen-bond acceptors (Lipinski definition) is 2. The Kier molecular flexibility index (Phi) is 12.0. The predicted octanol–water partition coefficient (Wildman–Crippen LogP) is 2.39. The second-order valence-corrected chi connectivity index (χ2v) is 4.88. The van der Waals surface area contributed by atoms with Gasteiger partial charge in [0.25, 0.3) is 0 Å². The van der Waals surface area contributed by atoms with Crippen LogP contribution in [0.2, 0.25) is 0 Å². The van der Waals surface area contributed by atoms with Gasteiger partial charge < -0.3 is 16.2 Å². The molecule has 0 spiro atoms. The van der Waals surface area contributed by atoms with Crippen molar-refractivity contribution in [2.24, 2.45) is 10.7 Å². The van der Waals surface area contributed by atoms with Gasteiger partial charge >= 0.3 is 0 Å². The lowest BCUT2D eigenvalue weighted by Crippen LogP contribution is -2.41. The van der Waals surface area contributed by atoms with E-state index in [2.05, 4.69) is 10.3 Å². The number of nitrogens with one attached hydrogen (secondary N) is 1. The Morgan fingerprint density at radius 2 is 1.78 bits per heavy atom. The first-order valence-electron chi connectivity index (χ1n) is 7.00. The number of halogens is 1. The fourth-order valence-electron chi connectivity index (χ4n) is 2.28. The van der Waals surface area contributed by atoms with E-state index in [0.717, 1.165) is 32.2 Å². The monoisotopic (exact) mass is 369 g/mol. The van der Waals surface area contributed by atoms with E-state index in [1.54, 1.807) is 0 Å². The molecule has 0 unspecified atom stereocenters. The third-order valence-electron chi connectivity index (χ3n) is 3.31. The van der Waals surface area contributed by atoms with Crippen molar-refractivity contribution in [1.82, 2.24) is 5.32 Å². The fourth-order valence-corrected chi connectivity index (χ4v) is 2.28. The van der Waals surface area contributed by atoms with Crippen LogP contribution in [-0.4, -0.2) is 30.3 Å². The van der Waals surface area contributed by atoms with Crippen LogP contribution >= 0.6 is 24.0 Å². The standard InChI is InChI=1S/C13H27N3O.HI/c14-13(15-10-6-1-2-7-11-17)16-12-8-4-3-5-9-12;/h12,17H,1-11H2,(H3,14,15,16);1H. The highest BCUT2D eigenvalue weighted by molar-refractivity contribution is 14.0. The lowest BCUT2D eigenvalue weighted by atomic mass is 9.96. The molecule has 18 heavy (non-hydrogen) atoms. The fraction of sp³-hybridized carbons (Fsp3) is 0.923. The van der Waals surface area contributed by atoms with Crippen LogP contribution in [0.1, 0.15) is 57.8 Å². The number of nitrogens with two attached hydrogens (primary N) is 1. The van der Waals surface area contributed by atoms with Gasteiger partial charge in [-0.3, -0.25) is 4.99 Å². The minimum Gasteiger partial charge on any atom is -0.396 e. The highest BCUT2D eigenvalue weighted by Crippen LogP contribution is 2.16. The molecule has 1 aliphatic rings. The molecule has 4 N–H and O–H groups in total. The molecule has 5 heteroatoms. The number of aliphatic imine (C=N–C) groups is 1. The van der Waals surface area contributed by atoms with Gasteiger partial charge in [0.05, 0.1) is 0 Å². The van der Waals surface area contributed by atoms with Gasteiger partial charge in [-0.1, -0.05) is 32.1 Å². The largest absolute Gasteiger partial charge is 0.396 e. The van der Waals surface area contributed by atoms with Crippen molar-refractivity contribution in [3.05, 3.63) is 0 Å². The first-order chi connectivity index (χ1) is 8.33. The van der Waals surface area contributed by atoms with Gasteiger partial charge in [-0.2, -0.15) is 0 Å². The maximum absolute atomic E-state index is 8.64. The lowest BCUT2D eigenvalue weighted by Gasteiger charge is -2.23. The number of hydrogen-bond donors (Lipinski definition) is 3. The maximum Gasteiger partial charge on any atom is 0.188 e. The molecule has 0 saturated heterocycles. The van der Waals surface area contributed by atoms with Gasteiger partial charge in [0.1, 0.15) is 0 Å². The van der Waals surface area contributed by atoms with Crippen molar-refractivity contribution in [3.8, 4) is 0 Å². The Morgan fingerprint density at radius 1 is 1.11 bits per heavy atom. The van der Waals surface area contributed by atoms with Gasteiger partial charge in [0.2, 0.25) is 0 Å². The average Bonchev–Trinajstić information content (AvgIpc) is 2.35. The van der Waals surface area contributed by atoms with Gasteiger partial charge in [-0.15, -0.1) is 24.0 Å². The molecule has 0 amide bonds. The summed E-state index contributed by atoms with van der Waals surface area (Å²) in [7, 11) is 0. The van der Waals surface area contributed by atoms with Crippen molar-refractivity contribution in [1.29, 1.82) is 0 Å². The average molecular weight is 369 g/mol. The molecule has 0 bridgehead atoms.